The van der Waals surface area contributed by atoms with Gasteiger partial charge in [0.25, 0.3) is 0 Å². The lowest BCUT2D eigenvalue weighted by Gasteiger charge is -2.06. The number of nitrogen functional groups attached to an aromatic ring is 1. The molecular formula is C18H15N3. The zero-order valence-corrected chi connectivity index (χ0v) is 11.5. The summed E-state index contributed by atoms with van der Waals surface area (Å²) in [6.45, 7) is 0. The van der Waals surface area contributed by atoms with Crippen LogP contribution in [0.2, 0.25) is 0 Å². The second kappa shape index (κ2) is 4.63. The number of rotatable bonds is 2. The van der Waals surface area contributed by atoms with Gasteiger partial charge in [0.2, 0.25) is 0 Å². The maximum atomic E-state index is 5.88. The molecule has 0 atom stereocenters. The SMILES string of the molecule is Nc1nc2c(Cc3ccccc3)cc3ccccc3c2[nH]1. The van der Waals surface area contributed by atoms with E-state index in [1.54, 1.807) is 0 Å². The third-order valence-electron chi connectivity index (χ3n) is 3.82. The number of H-pyrrole nitrogens is 1. The van der Waals surface area contributed by atoms with Crippen LogP contribution in [0.4, 0.5) is 5.95 Å². The monoisotopic (exact) mass is 273 g/mol. The molecule has 3 aromatic carbocycles. The summed E-state index contributed by atoms with van der Waals surface area (Å²) in [6, 6.07) is 21.0. The molecule has 0 saturated carbocycles. The van der Waals surface area contributed by atoms with Crippen LogP contribution in [-0.4, -0.2) is 9.97 Å². The molecule has 3 heteroatoms. The number of aromatic amines is 1. The van der Waals surface area contributed by atoms with Crippen molar-refractivity contribution in [2.45, 2.75) is 6.42 Å². The van der Waals surface area contributed by atoms with Crippen molar-refractivity contribution >= 4 is 27.8 Å². The predicted octanol–water partition coefficient (Wildman–Crippen LogP) is 3.89. The molecule has 1 aromatic heterocycles. The van der Waals surface area contributed by atoms with Gasteiger partial charge >= 0.3 is 0 Å². The minimum absolute atomic E-state index is 0.468. The van der Waals surface area contributed by atoms with E-state index in [2.05, 4.69) is 58.5 Å². The van der Waals surface area contributed by atoms with E-state index < -0.39 is 0 Å². The maximum Gasteiger partial charge on any atom is 0.198 e. The van der Waals surface area contributed by atoms with Gasteiger partial charge in [0.15, 0.2) is 5.95 Å². The number of nitrogens with one attached hydrogen (secondary N) is 1. The van der Waals surface area contributed by atoms with Crippen LogP contribution < -0.4 is 5.73 Å². The highest BCUT2D eigenvalue weighted by Gasteiger charge is 2.11. The van der Waals surface area contributed by atoms with E-state index in [-0.39, 0.29) is 0 Å². The average Bonchev–Trinajstić information content (AvgIpc) is 2.91. The van der Waals surface area contributed by atoms with Crippen molar-refractivity contribution in [3.63, 3.8) is 0 Å². The number of benzene rings is 3. The molecule has 0 amide bonds. The van der Waals surface area contributed by atoms with Gasteiger partial charge in [-0.15, -0.1) is 0 Å². The van der Waals surface area contributed by atoms with Crippen molar-refractivity contribution in [1.29, 1.82) is 0 Å². The van der Waals surface area contributed by atoms with Crippen molar-refractivity contribution in [3.05, 3.63) is 71.8 Å². The number of nitrogens with two attached hydrogens (primary N) is 1. The number of hydrogen-bond acceptors (Lipinski definition) is 2. The van der Waals surface area contributed by atoms with Crippen molar-refractivity contribution in [3.8, 4) is 0 Å². The van der Waals surface area contributed by atoms with Crippen LogP contribution >= 0.6 is 0 Å². The highest BCUT2D eigenvalue weighted by Crippen LogP contribution is 2.29. The van der Waals surface area contributed by atoms with Crippen LogP contribution in [0.1, 0.15) is 11.1 Å². The number of aromatic nitrogens is 2. The minimum atomic E-state index is 0.468. The van der Waals surface area contributed by atoms with E-state index in [1.165, 1.54) is 16.5 Å². The lowest BCUT2D eigenvalue weighted by atomic mass is 9.99. The fourth-order valence-electron chi connectivity index (χ4n) is 2.88. The van der Waals surface area contributed by atoms with Crippen LogP contribution in [0.15, 0.2) is 60.7 Å². The van der Waals surface area contributed by atoms with Gasteiger partial charge in [0.1, 0.15) is 0 Å². The summed E-state index contributed by atoms with van der Waals surface area (Å²) in [5, 5.41) is 2.37. The Morgan fingerprint density at radius 3 is 2.57 bits per heavy atom. The molecule has 0 aliphatic heterocycles. The standard InChI is InChI=1S/C18H15N3/c19-18-20-16-14(10-12-6-2-1-3-7-12)11-13-8-4-5-9-15(13)17(16)21-18/h1-9,11H,10H2,(H3,19,20,21). The average molecular weight is 273 g/mol. The van der Waals surface area contributed by atoms with Crippen molar-refractivity contribution in [2.75, 3.05) is 5.73 Å². The Morgan fingerprint density at radius 2 is 1.71 bits per heavy atom. The molecule has 0 bridgehead atoms. The summed E-state index contributed by atoms with van der Waals surface area (Å²) in [5.41, 5.74) is 10.3. The molecule has 21 heavy (non-hydrogen) atoms. The molecule has 4 rings (SSSR count). The smallest absolute Gasteiger partial charge is 0.198 e. The molecule has 3 N–H and O–H groups in total. The first-order valence-corrected chi connectivity index (χ1v) is 7.01. The predicted molar refractivity (Wildman–Crippen MR) is 87.3 cm³/mol. The fourth-order valence-corrected chi connectivity index (χ4v) is 2.88. The molecule has 0 radical (unpaired) electrons. The topological polar surface area (TPSA) is 54.7 Å². The summed E-state index contributed by atoms with van der Waals surface area (Å²) in [4.78, 5) is 7.68. The van der Waals surface area contributed by atoms with Crippen LogP contribution in [0.25, 0.3) is 21.8 Å². The van der Waals surface area contributed by atoms with Crippen molar-refractivity contribution in [1.82, 2.24) is 9.97 Å². The fraction of sp³-hybridized carbons (Fsp3) is 0.0556. The van der Waals surface area contributed by atoms with Gasteiger partial charge in [0, 0.05) is 5.39 Å². The summed E-state index contributed by atoms with van der Waals surface area (Å²) in [7, 11) is 0. The Labute approximate surface area is 122 Å². The summed E-state index contributed by atoms with van der Waals surface area (Å²) in [6.07, 6.45) is 0.854. The van der Waals surface area contributed by atoms with Gasteiger partial charge < -0.3 is 10.7 Å². The second-order valence-corrected chi connectivity index (χ2v) is 5.26. The van der Waals surface area contributed by atoms with Gasteiger partial charge in [-0.1, -0.05) is 54.6 Å². The molecule has 0 saturated heterocycles. The molecule has 0 fully saturated rings. The van der Waals surface area contributed by atoms with Gasteiger partial charge in [-0.2, -0.15) is 0 Å². The van der Waals surface area contributed by atoms with Crippen LogP contribution in [-0.2, 0) is 6.42 Å². The zero-order valence-electron chi connectivity index (χ0n) is 11.5. The molecule has 3 nitrogen and oxygen atoms in total. The normalized spacial score (nSPS) is 11.2. The summed E-state index contributed by atoms with van der Waals surface area (Å²) < 4.78 is 0. The Kier molecular flexibility index (Phi) is 2.64. The first kappa shape index (κ1) is 12.0. The quantitative estimate of drug-likeness (QED) is 0.582. The number of fused-ring (bicyclic) bond motifs is 3. The van der Waals surface area contributed by atoms with Gasteiger partial charge in [-0.05, 0) is 29.0 Å². The first-order valence-electron chi connectivity index (χ1n) is 7.01. The molecule has 4 aromatic rings. The molecule has 1 heterocycles. The number of imidazole rings is 1. The highest BCUT2D eigenvalue weighted by molar-refractivity contribution is 6.06. The summed E-state index contributed by atoms with van der Waals surface area (Å²) in [5.74, 6) is 0.468. The van der Waals surface area contributed by atoms with E-state index in [1.807, 2.05) is 12.1 Å². The van der Waals surface area contributed by atoms with Crippen molar-refractivity contribution < 1.29 is 0 Å². The summed E-state index contributed by atoms with van der Waals surface area (Å²) >= 11 is 0. The van der Waals surface area contributed by atoms with Crippen molar-refractivity contribution in [2.24, 2.45) is 0 Å². The lowest BCUT2D eigenvalue weighted by Crippen LogP contribution is -1.91. The zero-order chi connectivity index (χ0) is 14.2. The third kappa shape index (κ3) is 2.03. The third-order valence-corrected chi connectivity index (χ3v) is 3.82. The lowest BCUT2D eigenvalue weighted by molar-refractivity contribution is 1.21. The van der Waals surface area contributed by atoms with Crippen LogP contribution in [0, 0.1) is 0 Å². The molecule has 0 unspecified atom stereocenters. The highest BCUT2D eigenvalue weighted by atomic mass is 15.0. The number of hydrogen-bond donors (Lipinski definition) is 2. The van der Waals surface area contributed by atoms with E-state index in [0.29, 0.717) is 5.95 Å². The molecule has 0 aliphatic rings. The number of anilines is 1. The maximum absolute atomic E-state index is 5.88. The largest absolute Gasteiger partial charge is 0.369 e. The number of nitrogens with zero attached hydrogens (tertiary/aromatic N) is 1. The Bertz CT molecular complexity index is 923. The Balaban J connectivity index is 1.98. The van der Waals surface area contributed by atoms with Gasteiger partial charge in [-0.25, -0.2) is 4.98 Å². The molecule has 102 valence electrons. The Hall–Kier alpha value is -2.81. The Morgan fingerprint density at radius 1 is 0.952 bits per heavy atom. The van der Waals surface area contributed by atoms with Gasteiger partial charge in [-0.3, -0.25) is 0 Å². The van der Waals surface area contributed by atoms with Crippen LogP contribution in [0.3, 0.4) is 0 Å². The first-order chi connectivity index (χ1) is 10.3. The van der Waals surface area contributed by atoms with E-state index >= 15 is 0 Å². The molecule has 0 spiro atoms. The second-order valence-electron chi connectivity index (χ2n) is 5.26. The molecule has 0 aliphatic carbocycles. The minimum Gasteiger partial charge on any atom is -0.369 e. The molecular weight excluding hydrogens is 258 g/mol. The van der Waals surface area contributed by atoms with E-state index in [9.17, 15) is 0 Å². The van der Waals surface area contributed by atoms with E-state index in [4.69, 9.17) is 5.73 Å². The van der Waals surface area contributed by atoms with E-state index in [0.717, 1.165) is 22.8 Å². The van der Waals surface area contributed by atoms with Crippen LogP contribution in [0.5, 0.6) is 0 Å². The van der Waals surface area contributed by atoms with Gasteiger partial charge in [0.05, 0.1) is 11.0 Å².